The van der Waals surface area contributed by atoms with Crippen LogP contribution in [0.3, 0.4) is 0 Å². The van der Waals surface area contributed by atoms with Gasteiger partial charge >= 0.3 is 0 Å². The molecule has 17 heavy (non-hydrogen) atoms. The van der Waals surface area contributed by atoms with Gasteiger partial charge in [0, 0.05) is 25.0 Å². The highest BCUT2D eigenvalue weighted by atomic mass is 32.2. The van der Waals surface area contributed by atoms with Crippen molar-refractivity contribution >= 4 is 10.0 Å². The topological polar surface area (TPSA) is 88.0 Å². The summed E-state index contributed by atoms with van der Waals surface area (Å²) in [6, 6.07) is 1.56. The van der Waals surface area contributed by atoms with Gasteiger partial charge in [-0.2, -0.15) is 0 Å². The molecular weight excluding hydrogens is 238 g/mol. The van der Waals surface area contributed by atoms with Crippen molar-refractivity contribution in [3.63, 3.8) is 0 Å². The van der Waals surface area contributed by atoms with Crippen LogP contribution in [-0.2, 0) is 16.6 Å². The summed E-state index contributed by atoms with van der Waals surface area (Å²) in [7, 11) is -3.43. The molecule has 4 N–H and O–H groups in total. The molecule has 0 saturated heterocycles. The van der Waals surface area contributed by atoms with Gasteiger partial charge in [0.25, 0.3) is 0 Å². The summed E-state index contributed by atoms with van der Waals surface area (Å²) in [6.45, 7) is 6.82. The molecule has 0 saturated carbocycles. The molecule has 0 aliphatic carbocycles. The van der Waals surface area contributed by atoms with Gasteiger partial charge in [0.1, 0.15) is 0 Å². The third kappa shape index (κ3) is 3.83. The first-order chi connectivity index (χ1) is 7.80. The third-order valence-corrected chi connectivity index (χ3v) is 4.33. The van der Waals surface area contributed by atoms with Gasteiger partial charge in [0.15, 0.2) is 0 Å². The lowest BCUT2D eigenvalue weighted by molar-refractivity contribution is 0.350. The maximum Gasteiger partial charge on any atom is 0.242 e. The molecule has 0 amide bonds. The fourth-order valence-electron chi connectivity index (χ4n) is 1.19. The van der Waals surface area contributed by atoms with Crippen LogP contribution in [0.15, 0.2) is 17.2 Å². The number of nitrogens with two attached hydrogens (primary N) is 1. The van der Waals surface area contributed by atoms with E-state index in [2.05, 4.69) is 9.71 Å². The number of aromatic amines is 1. The molecule has 0 aliphatic heterocycles. The maximum absolute atomic E-state index is 12.0. The van der Waals surface area contributed by atoms with Crippen LogP contribution in [0.5, 0.6) is 0 Å². The highest BCUT2D eigenvalue weighted by Gasteiger charge is 2.21. The van der Waals surface area contributed by atoms with E-state index in [0.29, 0.717) is 18.8 Å². The minimum atomic E-state index is -3.43. The number of sulfonamides is 1. The number of aromatic nitrogens is 1. The second-order valence-electron chi connectivity index (χ2n) is 4.91. The summed E-state index contributed by atoms with van der Waals surface area (Å²) >= 11 is 0. The van der Waals surface area contributed by atoms with E-state index in [-0.39, 0.29) is 10.3 Å². The zero-order valence-electron chi connectivity index (χ0n) is 10.6. The van der Waals surface area contributed by atoms with Crippen LogP contribution >= 0.6 is 0 Å². The predicted octanol–water partition coefficient (Wildman–Crippen LogP) is 1.19. The van der Waals surface area contributed by atoms with Crippen molar-refractivity contribution in [2.24, 2.45) is 11.1 Å². The van der Waals surface area contributed by atoms with Crippen LogP contribution < -0.4 is 10.5 Å². The Labute approximate surface area is 103 Å². The number of hydrogen-bond donors (Lipinski definition) is 3. The van der Waals surface area contributed by atoms with Gasteiger partial charge in [-0.25, -0.2) is 13.1 Å². The zero-order valence-corrected chi connectivity index (χ0v) is 11.4. The van der Waals surface area contributed by atoms with E-state index in [4.69, 9.17) is 5.73 Å². The van der Waals surface area contributed by atoms with Crippen molar-refractivity contribution in [1.29, 1.82) is 0 Å². The molecule has 0 aromatic carbocycles. The minimum Gasteiger partial charge on any atom is -0.363 e. The van der Waals surface area contributed by atoms with Crippen molar-refractivity contribution in [1.82, 2.24) is 9.71 Å². The molecule has 0 fully saturated rings. The lowest BCUT2D eigenvalue weighted by Crippen LogP contribution is -2.33. The smallest absolute Gasteiger partial charge is 0.242 e. The largest absolute Gasteiger partial charge is 0.363 e. The first-order valence-corrected chi connectivity index (χ1v) is 7.16. The highest BCUT2D eigenvalue weighted by Crippen LogP contribution is 2.19. The Bertz CT molecular complexity index is 463. The van der Waals surface area contributed by atoms with Crippen LogP contribution in [0.25, 0.3) is 0 Å². The van der Waals surface area contributed by atoms with Crippen molar-refractivity contribution in [3.8, 4) is 0 Å². The Morgan fingerprint density at radius 2 is 2.12 bits per heavy atom. The van der Waals surface area contributed by atoms with Crippen LogP contribution in [0.4, 0.5) is 0 Å². The van der Waals surface area contributed by atoms with Crippen LogP contribution in [0, 0.1) is 5.41 Å². The summed E-state index contributed by atoms with van der Waals surface area (Å²) in [6.07, 6.45) is 2.38. The number of hydrogen-bond acceptors (Lipinski definition) is 3. The molecule has 0 bridgehead atoms. The molecule has 1 aromatic heterocycles. The molecule has 0 radical (unpaired) electrons. The van der Waals surface area contributed by atoms with Crippen molar-refractivity contribution in [3.05, 3.63) is 18.0 Å². The molecule has 1 rings (SSSR count). The second kappa shape index (κ2) is 5.20. The van der Waals surface area contributed by atoms with Gasteiger partial charge in [-0.15, -0.1) is 0 Å². The van der Waals surface area contributed by atoms with Crippen molar-refractivity contribution in [2.75, 3.05) is 6.54 Å². The fraction of sp³-hybridized carbons (Fsp3) is 0.636. The molecule has 98 valence electrons. The molecule has 6 heteroatoms. The first-order valence-electron chi connectivity index (χ1n) is 5.68. The number of nitrogens with one attached hydrogen (secondary N) is 2. The number of rotatable bonds is 6. The average Bonchev–Trinajstić information content (AvgIpc) is 2.76. The summed E-state index contributed by atoms with van der Waals surface area (Å²) < 4.78 is 26.5. The van der Waals surface area contributed by atoms with Gasteiger partial charge in [0.05, 0.1) is 4.90 Å². The minimum absolute atomic E-state index is 0.0416. The standard InChI is InChI=1S/C11H21N3O2S/c1-4-11(2,3)8-14-17(15,16)10-5-9(6-12)13-7-10/h5,7,13-14H,4,6,8,12H2,1-3H3. The molecule has 0 aliphatic rings. The Kier molecular flexibility index (Phi) is 4.35. The summed E-state index contributed by atoms with van der Waals surface area (Å²) in [5.41, 5.74) is 6.09. The highest BCUT2D eigenvalue weighted by molar-refractivity contribution is 7.89. The summed E-state index contributed by atoms with van der Waals surface area (Å²) in [5, 5.41) is 0. The molecular formula is C11H21N3O2S. The van der Waals surface area contributed by atoms with Crippen LogP contribution in [0.1, 0.15) is 32.9 Å². The molecule has 5 nitrogen and oxygen atoms in total. The van der Waals surface area contributed by atoms with Crippen LogP contribution in [0.2, 0.25) is 0 Å². The van der Waals surface area contributed by atoms with Gasteiger partial charge in [-0.3, -0.25) is 0 Å². The molecule has 1 aromatic rings. The lowest BCUT2D eigenvalue weighted by atomic mass is 9.91. The van der Waals surface area contributed by atoms with E-state index < -0.39 is 10.0 Å². The fourth-order valence-corrected chi connectivity index (χ4v) is 2.45. The van der Waals surface area contributed by atoms with Crippen molar-refractivity contribution < 1.29 is 8.42 Å². The molecule has 0 unspecified atom stereocenters. The normalized spacial score (nSPS) is 12.9. The van der Waals surface area contributed by atoms with E-state index >= 15 is 0 Å². The van der Waals surface area contributed by atoms with Crippen molar-refractivity contribution in [2.45, 2.75) is 38.6 Å². The first kappa shape index (κ1) is 14.2. The second-order valence-corrected chi connectivity index (χ2v) is 6.67. The lowest BCUT2D eigenvalue weighted by Gasteiger charge is -2.22. The molecule has 0 spiro atoms. The monoisotopic (exact) mass is 259 g/mol. The Balaban J connectivity index is 2.76. The van der Waals surface area contributed by atoms with E-state index in [0.717, 1.165) is 6.42 Å². The van der Waals surface area contributed by atoms with Gasteiger partial charge in [-0.1, -0.05) is 20.8 Å². The van der Waals surface area contributed by atoms with E-state index in [1.165, 1.54) is 6.20 Å². The molecule has 1 heterocycles. The number of H-pyrrole nitrogens is 1. The predicted molar refractivity (Wildman–Crippen MR) is 67.9 cm³/mol. The average molecular weight is 259 g/mol. The SMILES string of the molecule is CCC(C)(C)CNS(=O)(=O)c1c[nH]c(CN)c1. The van der Waals surface area contributed by atoms with Gasteiger partial charge in [-0.05, 0) is 17.9 Å². The molecule has 0 atom stereocenters. The van der Waals surface area contributed by atoms with E-state index in [9.17, 15) is 8.42 Å². The summed E-state index contributed by atoms with van der Waals surface area (Å²) in [5.74, 6) is 0. The van der Waals surface area contributed by atoms with Gasteiger partial charge in [0.2, 0.25) is 10.0 Å². The summed E-state index contributed by atoms with van der Waals surface area (Å²) in [4.78, 5) is 3.07. The Hall–Kier alpha value is -0.850. The van der Waals surface area contributed by atoms with E-state index in [1.54, 1.807) is 6.07 Å². The zero-order chi connectivity index (χ0) is 13.1. The Morgan fingerprint density at radius 3 is 2.59 bits per heavy atom. The van der Waals surface area contributed by atoms with E-state index in [1.807, 2.05) is 20.8 Å². The van der Waals surface area contributed by atoms with Crippen LogP contribution in [-0.4, -0.2) is 19.9 Å². The maximum atomic E-state index is 12.0. The Morgan fingerprint density at radius 1 is 1.47 bits per heavy atom. The third-order valence-electron chi connectivity index (χ3n) is 2.94. The quantitative estimate of drug-likeness (QED) is 0.717. The van der Waals surface area contributed by atoms with Gasteiger partial charge < -0.3 is 10.7 Å².